The normalized spacial score (nSPS) is 13.5. The summed E-state index contributed by atoms with van der Waals surface area (Å²) in [5.41, 5.74) is 3.54. The lowest BCUT2D eigenvalue weighted by Gasteiger charge is -2.14. The van der Waals surface area contributed by atoms with E-state index in [9.17, 15) is 9.18 Å². The van der Waals surface area contributed by atoms with Gasteiger partial charge < -0.3 is 20.9 Å². The van der Waals surface area contributed by atoms with Gasteiger partial charge in [0.1, 0.15) is 0 Å². The van der Waals surface area contributed by atoms with Gasteiger partial charge in [-0.05, 0) is 35.7 Å². The summed E-state index contributed by atoms with van der Waals surface area (Å²) in [4.78, 5) is 27.3. The summed E-state index contributed by atoms with van der Waals surface area (Å²) < 4.78 is 15.1. The topological polar surface area (TPSA) is 95.1 Å². The molecule has 1 aliphatic rings. The molecule has 0 aliphatic carbocycles. The number of hydrogen-bond acceptors (Lipinski definition) is 7. The van der Waals surface area contributed by atoms with Gasteiger partial charge in [0, 0.05) is 61.4 Å². The molecule has 174 valence electrons. The number of carbonyl (C=O) groups is 1. The number of carbonyl (C=O) groups excluding carboxylic acids is 1. The SMILES string of the molecule is CNCc1cnc(F)cc1-c1cccc2cc(-c3ccnc(NCCN4CCNC4=O)n3)sc12. The maximum Gasteiger partial charge on any atom is 0.317 e. The van der Waals surface area contributed by atoms with Gasteiger partial charge in [-0.2, -0.15) is 4.39 Å². The van der Waals surface area contributed by atoms with Crippen LogP contribution in [0.3, 0.4) is 0 Å². The molecule has 0 saturated carbocycles. The Bertz CT molecular complexity index is 1340. The molecule has 4 heterocycles. The highest BCUT2D eigenvalue weighted by molar-refractivity contribution is 7.22. The predicted octanol–water partition coefficient (Wildman–Crippen LogP) is 3.72. The predicted molar refractivity (Wildman–Crippen MR) is 132 cm³/mol. The number of hydrogen-bond donors (Lipinski definition) is 3. The summed E-state index contributed by atoms with van der Waals surface area (Å²) in [5, 5.41) is 10.2. The summed E-state index contributed by atoms with van der Waals surface area (Å²) >= 11 is 1.62. The number of nitrogens with one attached hydrogen (secondary N) is 3. The molecule has 34 heavy (non-hydrogen) atoms. The van der Waals surface area contributed by atoms with Crippen molar-refractivity contribution in [3.63, 3.8) is 0 Å². The highest BCUT2D eigenvalue weighted by Gasteiger charge is 2.18. The van der Waals surface area contributed by atoms with Crippen LogP contribution in [-0.4, -0.2) is 59.1 Å². The molecule has 3 N–H and O–H groups in total. The average molecular weight is 478 g/mol. The summed E-state index contributed by atoms with van der Waals surface area (Å²) in [6, 6.07) is 11.5. The van der Waals surface area contributed by atoms with Crippen molar-refractivity contribution in [2.75, 3.05) is 38.5 Å². The number of halogens is 1. The lowest BCUT2D eigenvalue weighted by Crippen LogP contribution is -2.32. The van der Waals surface area contributed by atoms with Crippen molar-refractivity contribution >= 4 is 33.4 Å². The van der Waals surface area contributed by atoms with Gasteiger partial charge >= 0.3 is 6.03 Å². The van der Waals surface area contributed by atoms with Crippen molar-refractivity contribution in [2.45, 2.75) is 6.54 Å². The number of fused-ring (bicyclic) bond motifs is 1. The summed E-state index contributed by atoms with van der Waals surface area (Å²) in [6.07, 6.45) is 3.31. The molecule has 1 aromatic carbocycles. The highest BCUT2D eigenvalue weighted by Crippen LogP contribution is 2.39. The van der Waals surface area contributed by atoms with Crippen molar-refractivity contribution in [1.82, 2.24) is 30.5 Å². The van der Waals surface area contributed by atoms with E-state index >= 15 is 0 Å². The summed E-state index contributed by atoms with van der Waals surface area (Å²) in [5.74, 6) is 0.0175. The van der Waals surface area contributed by atoms with Gasteiger partial charge in [0.05, 0.1) is 10.6 Å². The van der Waals surface area contributed by atoms with Gasteiger partial charge in [-0.3, -0.25) is 0 Å². The van der Waals surface area contributed by atoms with Crippen LogP contribution in [-0.2, 0) is 6.54 Å². The number of pyridine rings is 1. The van der Waals surface area contributed by atoms with Gasteiger partial charge in [0.2, 0.25) is 11.9 Å². The molecule has 8 nitrogen and oxygen atoms in total. The highest BCUT2D eigenvalue weighted by atomic mass is 32.1. The van der Waals surface area contributed by atoms with Crippen LogP contribution in [0.15, 0.2) is 48.8 Å². The van der Waals surface area contributed by atoms with Gasteiger partial charge in [-0.1, -0.05) is 18.2 Å². The van der Waals surface area contributed by atoms with Crippen LogP contribution in [0.2, 0.25) is 0 Å². The number of rotatable bonds is 8. The smallest absolute Gasteiger partial charge is 0.317 e. The van der Waals surface area contributed by atoms with Crippen LogP contribution in [0.25, 0.3) is 31.8 Å². The zero-order valence-electron chi connectivity index (χ0n) is 18.6. The molecule has 1 aliphatic heterocycles. The fraction of sp³-hybridized carbons (Fsp3) is 0.250. The molecule has 3 aromatic heterocycles. The number of aromatic nitrogens is 3. The van der Waals surface area contributed by atoms with E-state index < -0.39 is 5.95 Å². The third kappa shape index (κ3) is 4.55. The van der Waals surface area contributed by atoms with E-state index in [4.69, 9.17) is 0 Å². The first kappa shape index (κ1) is 22.2. The summed E-state index contributed by atoms with van der Waals surface area (Å²) in [6.45, 7) is 3.14. The maximum absolute atomic E-state index is 14.0. The average Bonchev–Trinajstić information content (AvgIpc) is 3.47. The van der Waals surface area contributed by atoms with E-state index in [1.807, 2.05) is 25.2 Å². The Morgan fingerprint density at radius 2 is 2.12 bits per heavy atom. The van der Waals surface area contributed by atoms with Crippen molar-refractivity contribution in [2.24, 2.45) is 0 Å². The van der Waals surface area contributed by atoms with E-state index in [-0.39, 0.29) is 6.03 Å². The molecule has 0 unspecified atom stereocenters. The van der Waals surface area contributed by atoms with Crippen LogP contribution in [0.1, 0.15) is 5.56 Å². The molecule has 1 saturated heterocycles. The fourth-order valence-corrected chi connectivity index (χ4v) is 5.21. The van der Waals surface area contributed by atoms with Crippen LogP contribution in [0.4, 0.5) is 15.1 Å². The first-order valence-corrected chi connectivity index (χ1v) is 11.9. The Morgan fingerprint density at radius 1 is 1.21 bits per heavy atom. The number of benzene rings is 1. The Hall–Kier alpha value is -3.63. The van der Waals surface area contributed by atoms with Gasteiger partial charge in [-0.25, -0.2) is 19.7 Å². The second kappa shape index (κ2) is 9.70. The second-order valence-electron chi connectivity index (χ2n) is 7.94. The van der Waals surface area contributed by atoms with Gasteiger partial charge in [0.15, 0.2) is 0 Å². The number of urea groups is 1. The first-order chi connectivity index (χ1) is 16.6. The number of anilines is 1. The largest absolute Gasteiger partial charge is 0.352 e. The molecule has 4 aromatic rings. The molecule has 1 fully saturated rings. The molecule has 0 bridgehead atoms. The molecule has 0 atom stereocenters. The quantitative estimate of drug-likeness (QED) is 0.335. The van der Waals surface area contributed by atoms with E-state index in [1.54, 1.807) is 28.6 Å². The van der Waals surface area contributed by atoms with Crippen LogP contribution >= 0.6 is 11.3 Å². The standard InChI is InChI=1S/C24H24FN7OS/c1-26-13-16-14-30-21(25)12-18(16)17-4-2-3-15-11-20(34-22(15)17)19-5-6-27-23(31-19)28-7-9-32-10-8-29-24(32)33/h2-6,11-12,14,26H,7-10,13H2,1H3,(H,29,33)(H,27,28,31). The minimum atomic E-state index is -0.499. The Morgan fingerprint density at radius 3 is 2.94 bits per heavy atom. The van der Waals surface area contributed by atoms with E-state index in [0.717, 1.165) is 37.3 Å². The van der Waals surface area contributed by atoms with Gasteiger partial charge in [-0.15, -0.1) is 11.3 Å². The third-order valence-corrected chi connectivity index (χ3v) is 6.88. The van der Waals surface area contributed by atoms with Crippen molar-refractivity contribution in [3.8, 4) is 21.7 Å². The Kier molecular flexibility index (Phi) is 6.33. The molecule has 10 heteroatoms. The third-order valence-electron chi connectivity index (χ3n) is 5.67. The molecule has 0 spiro atoms. The summed E-state index contributed by atoms with van der Waals surface area (Å²) in [7, 11) is 1.86. The number of nitrogens with zero attached hydrogens (tertiary/aromatic N) is 4. The molecule has 0 radical (unpaired) electrons. The second-order valence-corrected chi connectivity index (χ2v) is 8.99. The Balaban J connectivity index is 1.42. The lowest BCUT2D eigenvalue weighted by molar-refractivity contribution is 0.219. The van der Waals surface area contributed by atoms with Crippen LogP contribution in [0, 0.1) is 5.95 Å². The lowest BCUT2D eigenvalue weighted by atomic mass is 10.0. The van der Waals surface area contributed by atoms with Crippen molar-refractivity contribution < 1.29 is 9.18 Å². The molecule has 2 amide bonds. The number of thiophene rings is 1. The van der Waals surface area contributed by atoms with Crippen molar-refractivity contribution in [1.29, 1.82) is 0 Å². The molecular weight excluding hydrogens is 453 g/mol. The number of amides is 2. The van der Waals surface area contributed by atoms with Crippen molar-refractivity contribution in [3.05, 3.63) is 60.3 Å². The first-order valence-electron chi connectivity index (χ1n) is 11.0. The Labute approximate surface area is 200 Å². The van der Waals surface area contributed by atoms with E-state index in [0.29, 0.717) is 38.7 Å². The van der Waals surface area contributed by atoms with E-state index in [2.05, 4.69) is 43.0 Å². The zero-order valence-corrected chi connectivity index (χ0v) is 19.5. The fourth-order valence-electron chi connectivity index (χ4n) is 4.05. The minimum Gasteiger partial charge on any atom is -0.352 e. The van der Waals surface area contributed by atoms with Crippen LogP contribution < -0.4 is 16.0 Å². The van der Waals surface area contributed by atoms with Gasteiger partial charge in [0.25, 0.3) is 0 Å². The zero-order chi connectivity index (χ0) is 23.5. The monoisotopic (exact) mass is 477 g/mol. The van der Waals surface area contributed by atoms with Crippen LogP contribution in [0.5, 0.6) is 0 Å². The molecular formula is C24H24FN7OS. The maximum atomic E-state index is 14.0. The molecule has 5 rings (SSSR count). The minimum absolute atomic E-state index is 0.0375. The van der Waals surface area contributed by atoms with E-state index in [1.165, 1.54) is 6.07 Å².